The second-order valence-corrected chi connectivity index (χ2v) is 6.84. The highest BCUT2D eigenvalue weighted by molar-refractivity contribution is 7.14. The number of halogens is 1. The third kappa shape index (κ3) is 3.88. The highest BCUT2D eigenvalue weighted by atomic mass is 35.5. The van der Waals surface area contributed by atoms with Gasteiger partial charge in [0.05, 0.1) is 23.3 Å². The van der Waals surface area contributed by atoms with Crippen molar-refractivity contribution in [2.75, 3.05) is 6.54 Å². The number of hydrogen-bond donors (Lipinski definition) is 0. The predicted molar refractivity (Wildman–Crippen MR) is 101 cm³/mol. The van der Waals surface area contributed by atoms with Gasteiger partial charge in [0, 0.05) is 10.4 Å². The molecule has 0 atom stereocenters. The van der Waals surface area contributed by atoms with Crippen LogP contribution in [0, 0.1) is 0 Å². The normalized spacial score (nSPS) is 12.1. The molecule has 0 radical (unpaired) electrons. The first-order chi connectivity index (χ1) is 11.3. The lowest BCUT2D eigenvalue weighted by molar-refractivity contribution is 0.842. The summed E-state index contributed by atoms with van der Waals surface area (Å²) >= 11 is 9.27. The lowest BCUT2D eigenvalue weighted by Gasteiger charge is -2.01. The number of aromatic nitrogens is 1. The fourth-order valence-electron chi connectivity index (χ4n) is 1.97. The molecule has 0 aliphatic rings. The SMILES string of the molecule is C=CCN=c1scc(-c2cccs2)n1N=Cc1cccc(Cl)c1. The van der Waals surface area contributed by atoms with E-state index in [-0.39, 0.29) is 0 Å². The molecular weight excluding hydrogens is 346 g/mol. The molecule has 0 amide bonds. The summed E-state index contributed by atoms with van der Waals surface area (Å²) in [5, 5.41) is 9.43. The predicted octanol–water partition coefficient (Wildman–Crippen LogP) is 4.90. The molecule has 6 heteroatoms. The van der Waals surface area contributed by atoms with Crippen molar-refractivity contribution in [3.63, 3.8) is 0 Å². The van der Waals surface area contributed by atoms with E-state index >= 15 is 0 Å². The van der Waals surface area contributed by atoms with Gasteiger partial charge in [-0.3, -0.25) is 4.99 Å². The quantitative estimate of drug-likeness (QED) is 0.458. The third-order valence-electron chi connectivity index (χ3n) is 2.99. The van der Waals surface area contributed by atoms with Gasteiger partial charge in [-0.15, -0.1) is 29.3 Å². The van der Waals surface area contributed by atoms with Crippen molar-refractivity contribution in [1.29, 1.82) is 0 Å². The molecule has 1 aromatic carbocycles. The van der Waals surface area contributed by atoms with Gasteiger partial charge in [0.25, 0.3) is 0 Å². The molecule has 0 saturated heterocycles. The van der Waals surface area contributed by atoms with E-state index in [1.807, 2.05) is 35.0 Å². The minimum absolute atomic E-state index is 0.567. The van der Waals surface area contributed by atoms with Crippen LogP contribution in [-0.2, 0) is 0 Å². The monoisotopic (exact) mass is 359 g/mol. The van der Waals surface area contributed by atoms with Crippen LogP contribution in [0.15, 0.2) is 69.9 Å². The Hall–Kier alpha value is -1.95. The summed E-state index contributed by atoms with van der Waals surface area (Å²) in [7, 11) is 0. The minimum Gasteiger partial charge on any atom is -0.253 e. The second-order valence-electron chi connectivity index (χ2n) is 4.62. The average Bonchev–Trinajstić information content (AvgIpc) is 3.20. The van der Waals surface area contributed by atoms with Crippen molar-refractivity contribution < 1.29 is 0 Å². The van der Waals surface area contributed by atoms with Crippen molar-refractivity contribution in [2.24, 2.45) is 10.1 Å². The van der Waals surface area contributed by atoms with E-state index < -0.39 is 0 Å². The summed E-state index contributed by atoms with van der Waals surface area (Å²) < 4.78 is 1.86. The van der Waals surface area contributed by atoms with Gasteiger partial charge >= 0.3 is 0 Å². The maximum Gasteiger partial charge on any atom is 0.206 e. The van der Waals surface area contributed by atoms with Crippen LogP contribution in [0.4, 0.5) is 0 Å². The standard InChI is InChI=1S/C17H14ClN3S2/c1-2-8-19-17-21(15(12-23-17)16-7-4-9-22-16)20-11-13-5-3-6-14(18)10-13/h2-7,9-12H,1,8H2. The van der Waals surface area contributed by atoms with Crippen LogP contribution in [0.2, 0.25) is 5.02 Å². The molecule has 0 unspecified atom stereocenters. The van der Waals surface area contributed by atoms with Crippen molar-refractivity contribution >= 4 is 40.5 Å². The number of thiazole rings is 1. The molecule has 3 rings (SSSR count). The van der Waals surface area contributed by atoms with E-state index in [0.717, 1.165) is 20.9 Å². The van der Waals surface area contributed by atoms with Gasteiger partial charge in [-0.1, -0.05) is 35.9 Å². The Labute approximate surface area is 147 Å². The fraction of sp³-hybridized carbons (Fsp3) is 0.0588. The molecule has 0 saturated carbocycles. The van der Waals surface area contributed by atoms with Crippen LogP contribution >= 0.6 is 34.3 Å². The zero-order chi connectivity index (χ0) is 16.1. The first kappa shape index (κ1) is 15.9. The van der Waals surface area contributed by atoms with Crippen molar-refractivity contribution in [2.45, 2.75) is 0 Å². The van der Waals surface area contributed by atoms with Gasteiger partial charge in [-0.25, -0.2) is 4.68 Å². The summed E-state index contributed by atoms with van der Waals surface area (Å²) in [6.45, 7) is 4.28. The topological polar surface area (TPSA) is 29.6 Å². The van der Waals surface area contributed by atoms with E-state index in [1.165, 1.54) is 0 Å². The molecule has 0 bridgehead atoms. The number of rotatable bonds is 5. The fourth-order valence-corrected chi connectivity index (χ4v) is 3.81. The van der Waals surface area contributed by atoms with Gasteiger partial charge in [0.15, 0.2) is 0 Å². The van der Waals surface area contributed by atoms with E-state index in [4.69, 9.17) is 11.6 Å². The molecule has 3 nitrogen and oxygen atoms in total. The van der Waals surface area contributed by atoms with Crippen LogP contribution < -0.4 is 4.80 Å². The Balaban J connectivity index is 2.05. The van der Waals surface area contributed by atoms with Crippen LogP contribution in [0.25, 0.3) is 10.6 Å². The van der Waals surface area contributed by atoms with Gasteiger partial charge in [-0.2, -0.15) is 5.10 Å². The number of nitrogens with zero attached hydrogens (tertiary/aromatic N) is 3. The molecule has 0 spiro atoms. The van der Waals surface area contributed by atoms with Gasteiger partial charge < -0.3 is 0 Å². The summed E-state index contributed by atoms with van der Waals surface area (Å²) in [6.07, 6.45) is 3.57. The Morgan fingerprint density at radius 3 is 2.87 bits per heavy atom. The average molecular weight is 360 g/mol. The van der Waals surface area contributed by atoms with Gasteiger partial charge in [0.1, 0.15) is 0 Å². The van der Waals surface area contributed by atoms with Crippen LogP contribution in [0.5, 0.6) is 0 Å². The number of hydrogen-bond acceptors (Lipinski definition) is 4. The van der Waals surface area contributed by atoms with Crippen molar-refractivity contribution in [3.05, 3.63) is 75.2 Å². The molecular formula is C17H14ClN3S2. The highest BCUT2D eigenvalue weighted by Gasteiger charge is 2.07. The third-order valence-corrected chi connectivity index (χ3v) is 4.97. The lowest BCUT2D eigenvalue weighted by atomic mass is 10.2. The van der Waals surface area contributed by atoms with Crippen LogP contribution in [-0.4, -0.2) is 17.4 Å². The van der Waals surface area contributed by atoms with Crippen molar-refractivity contribution in [3.8, 4) is 10.6 Å². The minimum atomic E-state index is 0.567. The molecule has 0 N–H and O–H groups in total. The van der Waals surface area contributed by atoms with E-state index in [2.05, 4.69) is 33.5 Å². The molecule has 23 heavy (non-hydrogen) atoms. The Bertz CT molecular complexity index is 889. The first-order valence-electron chi connectivity index (χ1n) is 6.93. The molecule has 2 heterocycles. The molecule has 0 fully saturated rings. The maximum atomic E-state index is 6.02. The summed E-state index contributed by atoms with van der Waals surface area (Å²) in [5.41, 5.74) is 1.98. The summed E-state index contributed by atoms with van der Waals surface area (Å²) in [6, 6.07) is 11.7. The summed E-state index contributed by atoms with van der Waals surface area (Å²) in [4.78, 5) is 6.51. The Morgan fingerprint density at radius 1 is 1.22 bits per heavy atom. The molecule has 0 aliphatic heterocycles. The van der Waals surface area contributed by atoms with E-state index in [9.17, 15) is 0 Å². The smallest absolute Gasteiger partial charge is 0.206 e. The molecule has 3 aromatic rings. The van der Waals surface area contributed by atoms with Crippen LogP contribution in [0.1, 0.15) is 5.56 Å². The molecule has 0 aliphatic carbocycles. The van der Waals surface area contributed by atoms with E-state index in [0.29, 0.717) is 11.6 Å². The van der Waals surface area contributed by atoms with Gasteiger partial charge in [-0.05, 0) is 29.1 Å². The number of thiophene rings is 1. The zero-order valence-corrected chi connectivity index (χ0v) is 14.6. The highest BCUT2D eigenvalue weighted by Crippen LogP contribution is 2.25. The Kier molecular flexibility index (Phi) is 5.23. The lowest BCUT2D eigenvalue weighted by Crippen LogP contribution is -2.12. The molecule has 2 aromatic heterocycles. The van der Waals surface area contributed by atoms with Crippen molar-refractivity contribution in [1.82, 2.24) is 4.68 Å². The largest absolute Gasteiger partial charge is 0.253 e. The van der Waals surface area contributed by atoms with Gasteiger partial charge in [0.2, 0.25) is 4.80 Å². The summed E-state index contributed by atoms with van der Waals surface area (Å²) in [5.74, 6) is 0. The number of benzene rings is 1. The first-order valence-corrected chi connectivity index (χ1v) is 9.07. The molecule has 116 valence electrons. The Morgan fingerprint density at radius 2 is 2.13 bits per heavy atom. The zero-order valence-electron chi connectivity index (χ0n) is 12.2. The second kappa shape index (κ2) is 7.55. The van der Waals surface area contributed by atoms with Crippen LogP contribution in [0.3, 0.4) is 0 Å². The maximum absolute atomic E-state index is 6.02. The van der Waals surface area contributed by atoms with E-state index in [1.54, 1.807) is 35.0 Å².